The summed E-state index contributed by atoms with van der Waals surface area (Å²) in [7, 11) is -3.01. The summed E-state index contributed by atoms with van der Waals surface area (Å²) in [5.74, 6) is -1.09. The number of nitrogens with zero attached hydrogens (tertiary/aromatic N) is 1. The average Bonchev–Trinajstić information content (AvgIpc) is 3.08. The molecular weight excluding hydrogens is 507 g/mol. The number of hydrogen-bond acceptors (Lipinski definition) is 8. The number of carbonyl (C=O) groups is 2. The number of rotatable bonds is 10. The maximum atomic E-state index is 13.2. The van der Waals surface area contributed by atoms with Crippen LogP contribution >= 0.6 is 31.2 Å². The fourth-order valence-electron chi connectivity index (χ4n) is 5.25. The van der Waals surface area contributed by atoms with Crippen LogP contribution in [0.3, 0.4) is 0 Å². The van der Waals surface area contributed by atoms with Gasteiger partial charge in [0.15, 0.2) is 6.10 Å². The second-order valence-electron chi connectivity index (χ2n) is 9.36. The summed E-state index contributed by atoms with van der Waals surface area (Å²) in [5.41, 5.74) is 0. The van der Waals surface area contributed by atoms with Crippen LogP contribution in [0.2, 0.25) is 0 Å². The van der Waals surface area contributed by atoms with Crippen LogP contribution in [-0.2, 0) is 23.4 Å². The molecular formula is C21H38ClN2O8PS. The highest BCUT2D eigenvalue weighted by Crippen LogP contribution is 2.46. The smallest absolute Gasteiger partial charge is 0.457 e. The molecule has 0 radical (unpaired) electrons. The maximum Gasteiger partial charge on any atom is 0.470 e. The maximum absolute atomic E-state index is 13.2. The van der Waals surface area contributed by atoms with Gasteiger partial charge in [-0.1, -0.05) is 13.3 Å². The molecule has 1 heterocycles. The number of aliphatic hydroxyl groups excluding tert-OH is 1. The molecule has 4 N–H and O–H groups in total. The molecule has 1 amide bonds. The predicted octanol–water partition coefficient (Wildman–Crippen LogP) is 1.74. The van der Waals surface area contributed by atoms with Gasteiger partial charge in [0.2, 0.25) is 5.91 Å². The number of amides is 1. The standard InChI is InChI=1S/C21H38ClN2O8PS/c1-6-7-13-8-15(24(4)10-13)21(27)23-17(11(2)22)14-9-16(34-5)19(32-33(28,29)30)20(18(14)26)31-12(3)25/h11,13-20,26H,6-10H2,1-5H3,(H,23,27)(H2,28,29,30)/t11-,13-,14+,15-,16-,17+,18-,19-,20-/m0/s1. The van der Waals surface area contributed by atoms with E-state index in [0.29, 0.717) is 5.92 Å². The Kier molecular flexibility index (Phi) is 11.2. The topological polar surface area (TPSA) is 146 Å². The van der Waals surface area contributed by atoms with E-state index in [2.05, 4.69) is 12.2 Å². The Morgan fingerprint density at radius 3 is 2.44 bits per heavy atom. The first kappa shape index (κ1) is 29.8. The minimum absolute atomic E-state index is 0.177. The molecule has 34 heavy (non-hydrogen) atoms. The van der Waals surface area contributed by atoms with Gasteiger partial charge in [-0.25, -0.2) is 4.57 Å². The number of phosphoric ester groups is 1. The van der Waals surface area contributed by atoms with E-state index in [1.54, 1.807) is 13.2 Å². The lowest BCUT2D eigenvalue weighted by Gasteiger charge is -2.46. The summed E-state index contributed by atoms with van der Waals surface area (Å²) in [6.45, 7) is 5.81. The Hall–Kier alpha value is -0.390. The van der Waals surface area contributed by atoms with Crippen LogP contribution in [0.4, 0.5) is 0 Å². The van der Waals surface area contributed by atoms with Gasteiger partial charge in [-0.15, -0.1) is 11.6 Å². The molecule has 1 aliphatic carbocycles. The molecule has 0 unspecified atom stereocenters. The zero-order valence-corrected chi connectivity index (χ0v) is 22.8. The lowest BCUT2D eigenvalue weighted by atomic mass is 9.77. The summed E-state index contributed by atoms with van der Waals surface area (Å²) < 4.78 is 21.8. The van der Waals surface area contributed by atoms with E-state index in [0.717, 1.165) is 32.7 Å². The van der Waals surface area contributed by atoms with Gasteiger partial charge >= 0.3 is 13.8 Å². The van der Waals surface area contributed by atoms with Crippen molar-refractivity contribution in [2.45, 2.75) is 87.5 Å². The zero-order valence-electron chi connectivity index (χ0n) is 20.3. The van der Waals surface area contributed by atoms with Crippen LogP contribution in [0.1, 0.15) is 46.5 Å². The van der Waals surface area contributed by atoms with E-state index in [1.165, 1.54) is 11.8 Å². The summed E-state index contributed by atoms with van der Waals surface area (Å²) in [6, 6.07) is -0.965. The van der Waals surface area contributed by atoms with E-state index >= 15 is 0 Å². The Balaban J connectivity index is 2.27. The number of alkyl halides is 1. The highest BCUT2D eigenvalue weighted by atomic mass is 35.5. The van der Waals surface area contributed by atoms with Gasteiger partial charge in [0.1, 0.15) is 6.10 Å². The van der Waals surface area contributed by atoms with Gasteiger partial charge in [0, 0.05) is 24.6 Å². The summed E-state index contributed by atoms with van der Waals surface area (Å²) in [5, 5.41) is 13.1. The first-order chi connectivity index (χ1) is 15.8. The van der Waals surface area contributed by atoms with Crippen LogP contribution in [0, 0.1) is 11.8 Å². The highest BCUT2D eigenvalue weighted by Gasteiger charge is 2.52. The molecule has 1 aliphatic heterocycles. The van der Waals surface area contributed by atoms with Crippen LogP contribution in [0.25, 0.3) is 0 Å². The lowest BCUT2D eigenvalue weighted by molar-refractivity contribution is -0.172. The van der Waals surface area contributed by atoms with Gasteiger partial charge in [0.25, 0.3) is 0 Å². The van der Waals surface area contributed by atoms with Gasteiger partial charge in [-0.3, -0.25) is 19.0 Å². The minimum atomic E-state index is -4.93. The number of aliphatic hydroxyl groups is 1. The number of thioether (sulfide) groups is 1. The van der Waals surface area contributed by atoms with Crippen molar-refractivity contribution < 1.29 is 38.3 Å². The number of halogens is 1. The van der Waals surface area contributed by atoms with Crippen molar-refractivity contribution in [3.8, 4) is 0 Å². The van der Waals surface area contributed by atoms with Crippen LogP contribution in [-0.4, -0.2) is 92.5 Å². The summed E-state index contributed by atoms with van der Waals surface area (Å²) >= 11 is 7.76. The summed E-state index contributed by atoms with van der Waals surface area (Å²) in [4.78, 5) is 45.8. The van der Waals surface area contributed by atoms with Crippen molar-refractivity contribution in [1.29, 1.82) is 0 Å². The largest absolute Gasteiger partial charge is 0.470 e. The predicted molar refractivity (Wildman–Crippen MR) is 131 cm³/mol. The number of likely N-dealkylation sites (N-methyl/N-ethyl adjacent to an activating group) is 1. The third-order valence-electron chi connectivity index (χ3n) is 6.73. The number of ether oxygens (including phenoxy) is 1. The molecule has 0 bridgehead atoms. The molecule has 0 aromatic heterocycles. The minimum Gasteiger partial charge on any atom is -0.457 e. The zero-order chi connectivity index (χ0) is 25.8. The monoisotopic (exact) mass is 544 g/mol. The van der Waals surface area contributed by atoms with Crippen molar-refractivity contribution in [1.82, 2.24) is 10.2 Å². The second kappa shape index (κ2) is 12.7. The SMILES string of the molecule is CCC[C@H]1C[C@@H](C(=O)N[C@@H]([C@H]2C[C@H](SC)[C@H](OP(=O)(O)O)[C@@H](OC(C)=O)[C@H]2O)[C@H](C)Cl)N(C)C1. The first-order valence-corrected chi connectivity index (χ1v) is 14.8. The molecule has 10 nitrogen and oxygen atoms in total. The quantitative estimate of drug-likeness (QED) is 0.182. The van der Waals surface area contributed by atoms with Crippen molar-refractivity contribution in [3.63, 3.8) is 0 Å². The van der Waals surface area contributed by atoms with Crippen molar-refractivity contribution in [2.24, 2.45) is 11.8 Å². The Bertz CT molecular complexity index is 756. The van der Waals surface area contributed by atoms with E-state index in [1.807, 2.05) is 11.9 Å². The Labute approximate surface area is 210 Å². The first-order valence-electron chi connectivity index (χ1n) is 11.6. The van der Waals surface area contributed by atoms with Crippen LogP contribution in [0.5, 0.6) is 0 Å². The highest BCUT2D eigenvalue weighted by molar-refractivity contribution is 7.99. The van der Waals surface area contributed by atoms with Crippen molar-refractivity contribution in [2.75, 3.05) is 19.8 Å². The number of likely N-dealkylation sites (tertiary alicyclic amines) is 1. The van der Waals surface area contributed by atoms with Gasteiger partial charge in [0.05, 0.1) is 23.6 Å². The molecule has 0 aromatic rings. The van der Waals surface area contributed by atoms with E-state index < -0.39 is 54.7 Å². The van der Waals surface area contributed by atoms with Crippen molar-refractivity contribution in [3.05, 3.63) is 0 Å². The van der Waals surface area contributed by atoms with E-state index in [4.69, 9.17) is 20.9 Å². The molecule has 1 saturated carbocycles. The molecule has 0 aromatic carbocycles. The number of phosphoric acid groups is 1. The van der Waals surface area contributed by atoms with Crippen molar-refractivity contribution >= 4 is 43.1 Å². The molecule has 2 rings (SSSR count). The van der Waals surface area contributed by atoms with Crippen LogP contribution < -0.4 is 5.32 Å². The molecule has 0 spiro atoms. The van der Waals surface area contributed by atoms with E-state index in [9.17, 15) is 29.0 Å². The normalized spacial score (nSPS) is 34.4. The second-order valence-corrected chi connectivity index (χ2v) is 12.3. The molecule has 9 atom stereocenters. The number of hydrogen-bond donors (Lipinski definition) is 4. The molecule has 2 fully saturated rings. The van der Waals surface area contributed by atoms with Crippen LogP contribution in [0.15, 0.2) is 0 Å². The Morgan fingerprint density at radius 1 is 1.29 bits per heavy atom. The fourth-order valence-corrected chi connectivity index (χ4v) is 7.06. The number of carbonyl (C=O) groups excluding carboxylic acids is 2. The van der Waals surface area contributed by atoms with E-state index in [-0.39, 0.29) is 18.4 Å². The van der Waals surface area contributed by atoms with Gasteiger partial charge in [-0.05, 0) is 45.4 Å². The third kappa shape index (κ3) is 7.80. The fraction of sp³-hybridized carbons (Fsp3) is 0.905. The van der Waals surface area contributed by atoms with Gasteiger partial charge in [-0.2, -0.15) is 11.8 Å². The summed E-state index contributed by atoms with van der Waals surface area (Å²) in [6.07, 6.45) is 0.895. The Morgan fingerprint density at radius 2 is 1.94 bits per heavy atom. The third-order valence-corrected chi connectivity index (χ3v) is 8.59. The molecule has 198 valence electrons. The van der Waals surface area contributed by atoms with Gasteiger partial charge < -0.3 is 24.9 Å². The molecule has 1 saturated heterocycles. The average molecular weight is 545 g/mol. The number of esters is 1. The lowest BCUT2D eigenvalue weighted by Crippen LogP contribution is -2.62. The molecule has 13 heteroatoms. The molecule has 2 aliphatic rings. The number of nitrogens with one attached hydrogen (secondary N) is 1.